The van der Waals surface area contributed by atoms with Gasteiger partial charge >= 0.3 is 11.9 Å². The van der Waals surface area contributed by atoms with Crippen LogP contribution in [0.1, 0.15) is 17.6 Å². The van der Waals surface area contributed by atoms with Gasteiger partial charge in [-0.1, -0.05) is 0 Å². The Bertz CT molecular complexity index is 772. The molecule has 0 amide bonds. The van der Waals surface area contributed by atoms with Crippen LogP contribution < -0.4 is 0 Å². The van der Waals surface area contributed by atoms with Gasteiger partial charge in [0.1, 0.15) is 5.52 Å². The third-order valence-electron chi connectivity index (χ3n) is 2.78. The molecule has 98 valence electrons. The summed E-state index contributed by atoms with van der Waals surface area (Å²) < 4.78 is 6.75. The fraction of sp³-hybridized carbons (Fsp3) is 0.250. The number of rotatable bonds is 3. The third-order valence-corrected chi connectivity index (χ3v) is 2.78. The Kier molecular flexibility index (Phi) is 2.49. The van der Waals surface area contributed by atoms with Gasteiger partial charge in [-0.2, -0.15) is 5.10 Å². The summed E-state index contributed by atoms with van der Waals surface area (Å²) in [7, 11) is 0. The van der Waals surface area contributed by atoms with Gasteiger partial charge < -0.3 is 14.6 Å². The molecule has 0 radical (unpaired) electrons. The largest absolute Gasteiger partial charge is 0.474 e. The van der Waals surface area contributed by atoms with E-state index in [2.05, 4.69) is 10.1 Å². The highest BCUT2D eigenvalue weighted by molar-refractivity contribution is 6.02. The molecule has 2 aromatic heterocycles. The quantitative estimate of drug-likeness (QED) is 0.735. The Labute approximate surface area is 107 Å². The highest BCUT2D eigenvalue weighted by atomic mass is 16.4. The van der Waals surface area contributed by atoms with Crippen LogP contribution >= 0.6 is 0 Å². The minimum atomic E-state index is -1.22. The van der Waals surface area contributed by atoms with E-state index in [1.165, 1.54) is 0 Å². The second-order valence-electron chi connectivity index (χ2n) is 4.35. The van der Waals surface area contributed by atoms with Crippen LogP contribution in [0.5, 0.6) is 0 Å². The molecule has 1 aromatic carbocycles. The topological polar surface area (TPSA) is 101 Å². The first-order valence-corrected chi connectivity index (χ1v) is 5.72. The number of fused-ring (bicyclic) bond motifs is 3. The minimum Gasteiger partial charge on any atom is -0.474 e. The number of aromatic carboxylic acids is 1. The van der Waals surface area contributed by atoms with E-state index in [1.54, 1.807) is 29.9 Å². The maximum absolute atomic E-state index is 10.9. The van der Waals surface area contributed by atoms with Crippen LogP contribution in [0.2, 0.25) is 0 Å². The van der Waals surface area contributed by atoms with E-state index >= 15 is 0 Å². The summed E-state index contributed by atoms with van der Waals surface area (Å²) in [5.74, 6) is -1.57. The van der Waals surface area contributed by atoms with Gasteiger partial charge in [0.15, 0.2) is 5.58 Å². The van der Waals surface area contributed by atoms with Gasteiger partial charge in [0.25, 0.3) is 0 Å². The van der Waals surface area contributed by atoms with Crippen LogP contribution in [0.4, 0.5) is 0 Å². The van der Waals surface area contributed by atoms with Gasteiger partial charge in [0.05, 0.1) is 24.4 Å². The van der Waals surface area contributed by atoms with Crippen molar-refractivity contribution in [1.29, 1.82) is 0 Å². The molecular weight excluding hydrogens is 250 g/mol. The Balaban J connectivity index is 2.30. The second kappa shape index (κ2) is 4.06. The van der Waals surface area contributed by atoms with Crippen LogP contribution in [-0.4, -0.2) is 37.1 Å². The molecule has 0 saturated carbocycles. The van der Waals surface area contributed by atoms with E-state index in [0.29, 0.717) is 23.2 Å². The normalized spacial score (nSPS) is 13.2. The lowest BCUT2D eigenvalue weighted by Gasteiger charge is -2.05. The van der Waals surface area contributed by atoms with Crippen molar-refractivity contribution in [2.24, 2.45) is 0 Å². The molecule has 3 rings (SSSR count). The molecule has 7 heteroatoms. The molecule has 0 saturated heterocycles. The summed E-state index contributed by atoms with van der Waals surface area (Å²) in [5.41, 5.74) is 1.49. The molecule has 0 unspecified atom stereocenters. The number of hydrogen-bond donors (Lipinski definition) is 2. The molecule has 0 bridgehead atoms. The summed E-state index contributed by atoms with van der Waals surface area (Å²) in [6.45, 7) is 1.96. The summed E-state index contributed by atoms with van der Waals surface area (Å²) in [5, 5.41) is 23.3. The molecule has 0 aliphatic heterocycles. The number of aliphatic hydroxyl groups is 1. The highest BCUT2D eigenvalue weighted by Crippen LogP contribution is 2.25. The number of aliphatic hydroxyl groups excluding tert-OH is 1. The average Bonchev–Trinajstić information content (AvgIpc) is 2.91. The van der Waals surface area contributed by atoms with Crippen LogP contribution in [0, 0.1) is 0 Å². The van der Waals surface area contributed by atoms with Gasteiger partial charge in [0.2, 0.25) is 0 Å². The number of benzene rings is 1. The van der Waals surface area contributed by atoms with Crippen LogP contribution in [0.15, 0.2) is 22.7 Å². The lowest BCUT2D eigenvalue weighted by Crippen LogP contribution is -2.12. The van der Waals surface area contributed by atoms with E-state index in [9.17, 15) is 9.90 Å². The van der Waals surface area contributed by atoms with Crippen molar-refractivity contribution in [1.82, 2.24) is 14.8 Å². The van der Waals surface area contributed by atoms with E-state index < -0.39 is 12.1 Å². The molecule has 2 heterocycles. The monoisotopic (exact) mass is 261 g/mol. The maximum Gasteiger partial charge on any atom is 0.392 e. The Morgan fingerprint density at radius 3 is 3.00 bits per heavy atom. The molecule has 2 N–H and O–H groups in total. The van der Waals surface area contributed by atoms with Gasteiger partial charge in [-0.05, 0) is 19.1 Å². The van der Waals surface area contributed by atoms with Crippen molar-refractivity contribution < 1.29 is 19.4 Å². The van der Waals surface area contributed by atoms with Gasteiger partial charge in [0, 0.05) is 5.39 Å². The molecular formula is C12H11N3O4. The number of nitrogens with zero attached hydrogens (tertiary/aromatic N) is 3. The molecule has 0 spiro atoms. The number of aromatic nitrogens is 3. The Morgan fingerprint density at radius 1 is 1.53 bits per heavy atom. The first kappa shape index (κ1) is 11.7. The highest BCUT2D eigenvalue weighted by Gasteiger charge is 2.17. The lowest BCUT2D eigenvalue weighted by atomic mass is 10.2. The molecule has 19 heavy (non-hydrogen) atoms. The van der Waals surface area contributed by atoms with Crippen molar-refractivity contribution in [2.45, 2.75) is 19.6 Å². The van der Waals surface area contributed by atoms with E-state index in [1.807, 2.05) is 0 Å². The van der Waals surface area contributed by atoms with Crippen molar-refractivity contribution in [3.63, 3.8) is 0 Å². The van der Waals surface area contributed by atoms with E-state index in [0.717, 1.165) is 5.39 Å². The van der Waals surface area contributed by atoms with Crippen LogP contribution in [0.3, 0.4) is 0 Å². The summed E-state index contributed by atoms with van der Waals surface area (Å²) in [6.07, 6.45) is 1.08. The zero-order valence-electron chi connectivity index (χ0n) is 10.1. The minimum absolute atomic E-state index is 0.303. The number of oxazole rings is 1. The SMILES string of the molecule is C[C@@H](O)Cn1ncc2ccc3oc(C(=O)O)nc3c21. The number of carboxylic acids is 1. The smallest absolute Gasteiger partial charge is 0.392 e. The summed E-state index contributed by atoms with van der Waals surface area (Å²) in [4.78, 5) is 14.9. The number of carboxylic acid groups (broad SMARTS) is 1. The maximum atomic E-state index is 10.9. The first-order chi connectivity index (χ1) is 9.06. The van der Waals surface area contributed by atoms with Gasteiger partial charge in [-0.15, -0.1) is 0 Å². The van der Waals surface area contributed by atoms with Crippen molar-refractivity contribution >= 4 is 28.0 Å². The Morgan fingerprint density at radius 2 is 2.32 bits per heavy atom. The van der Waals surface area contributed by atoms with Crippen molar-refractivity contribution in [2.75, 3.05) is 0 Å². The van der Waals surface area contributed by atoms with E-state index in [4.69, 9.17) is 9.52 Å². The van der Waals surface area contributed by atoms with Gasteiger partial charge in [-0.3, -0.25) is 4.68 Å². The molecule has 0 aliphatic rings. The van der Waals surface area contributed by atoms with Crippen LogP contribution in [-0.2, 0) is 6.54 Å². The van der Waals surface area contributed by atoms with Gasteiger partial charge in [-0.25, -0.2) is 9.78 Å². The van der Waals surface area contributed by atoms with Crippen LogP contribution in [0.25, 0.3) is 22.0 Å². The average molecular weight is 261 g/mol. The second-order valence-corrected chi connectivity index (χ2v) is 4.35. The lowest BCUT2D eigenvalue weighted by molar-refractivity contribution is 0.0656. The fourth-order valence-corrected chi connectivity index (χ4v) is 2.04. The standard InChI is InChI=1S/C12H11N3O4/c1-6(16)5-15-10-7(4-13-15)2-3-8-9(10)14-11(19-8)12(17)18/h2-4,6,16H,5H2,1H3,(H,17,18)/t6-/m1/s1. The zero-order chi connectivity index (χ0) is 13.6. The zero-order valence-corrected chi connectivity index (χ0v) is 10.1. The van der Waals surface area contributed by atoms with Crippen molar-refractivity contribution in [3.05, 3.63) is 24.2 Å². The summed E-state index contributed by atoms with van der Waals surface area (Å²) >= 11 is 0. The molecule has 1 atom stereocenters. The van der Waals surface area contributed by atoms with E-state index in [-0.39, 0.29) is 5.89 Å². The number of hydrogen-bond acceptors (Lipinski definition) is 5. The first-order valence-electron chi connectivity index (χ1n) is 5.72. The third kappa shape index (κ3) is 1.84. The molecule has 0 aliphatic carbocycles. The molecule has 0 fully saturated rings. The Hall–Kier alpha value is -2.41. The predicted octanol–water partition coefficient (Wildman–Crippen LogP) is 1.26. The van der Waals surface area contributed by atoms with Crippen molar-refractivity contribution in [3.8, 4) is 0 Å². The predicted molar refractivity (Wildman–Crippen MR) is 65.9 cm³/mol. The molecule has 3 aromatic rings. The fourth-order valence-electron chi connectivity index (χ4n) is 2.04. The number of carbonyl (C=O) groups is 1. The summed E-state index contributed by atoms with van der Waals surface area (Å²) in [6, 6.07) is 3.44. The molecule has 7 nitrogen and oxygen atoms in total.